The van der Waals surface area contributed by atoms with Crippen molar-refractivity contribution in [3.63, 3.8) is 0 Å². The summed E-state index contributed by atoms with van der Waals surface area (Å²) in [6, 6.07) is 1.10. The highest BCUT2D eigenvalue weighted by Gasteiger charge is 2.11. The molecule has 1 heterocycles. The standard InChI is InChI=1S/C8H9F2NO2/c1-4-5(3-12)2-6(7(9)10)11-8(4)13/h2,7,12H,3H2,1H3,(H,11,13). The highest BCUT2D eigenvalue weighted by atomic mass is 19.3. The molecule has 1 aromatic rings. The van der Waals surface area contributed by atoms with Gasteiger partial charge in [-0.3, -0.25) is 4.79 Å². The Kier molecular flexibility index (Phi) is 2.77. The van der Waals surface area contributed by atoms with E-state index in [1.807, 2.05) is 4.98 Å². The van der Waals surface area contributed by atoms with Crippen LogP contribution in [0.25, 0.3) is 0 Å². The van der Waals surface area contributed by atoms with Gasteiger partial charge in [-0.15, -0.1) is 0 Å². The number of aliphatic hydroxyl groups is 1. The van der Waals surface area contributed by atoms with Crippen LogP contribution in [0, 0.1) is 6.92 Å². The fourth-order valence-corrected chi connectivity index (χ4v) is 0.984. The van der Waals surface area contributed by atoms with Crippen molar-refractivity contribution in [2.45, 2.75) is 20.0 Å². The summed E-state index contributed by atoms with van der Waals surface area (Å²) in [6.45, 7) is 1.06. The Morgan fingerprint density at radius 1 is 1.62 bits per heavy atom. The monoisotopic (exact) mass is 189 g/mol. The summed E-state index contributed by atoms with van der Waals surface area (Å²) in [5.41, 5.74) is -0.535. The number of aliphatic hydroxyl groups excluding tert-OH is 1. The predicted molar refractivity (Wildman–Crippen MR) is 42.7 cm³/mol. The van der Waals surface area contributed by atoms with Crippen molar-refractivity contribution in [1.29, 1.82) is 0 Å². The normalized spacial score (nSPS) is 10.8. The van der Waals surface area contributed by atoms with E-state index in [2.05, 4.69) is 0 Å². The number of rotatable bonds is 2. The number of nitrogens with one attached hydrogen (secondary N) is 1. The van der Waals surface area contributed by atoms with Crippen molar-refractivity contribution in [2.24, 2.45) is 0 Å². The molecule has 1 aromatic heterocycles. The summed E-state index contributed by atoms with van der Waals surface area (Å²) in [5, 5.41) is 8.75. The first-order valence-corrected chi connectivity index (χ1v) is 3.68. The van der Waals surface area contributed by atoms with Gasteiger partial charge < -0.3 is 10.1 Å². The van der Waals surface area contributed by atoms with Crippen molar-refractivity contribution in [1.82, 2.24) is 4.98 Å². The van der Waals surface area contributed by atoms with Crippen molar-refractivity contribution in [3.05, 3.63) is 33.2 Å². The molecule has 0 atom stereocenters. The molecule has 0 aliphatic heterocycles. The molecule has 0 saturated heterocycles. The fourth-order valence-electron chi connectivity index (χ4n) is 0.984. The average Bonchev–Trinajstić information content (AvgIpc) is 2.09. The van der Waals surface area contributed by atoms with Crippen LogP contribution in [-0.2, 0) is 6.61 Å². The minimum Gasteiger partial charge on any atom is -0.392 e. The molecule has 1 rings (SSSR count). The van der Waals surface area contributed by atoms with Crippen LogP contribution in [0.1, 0.15) is 23.2 Å². The van der Waals surface area contributed by atoms with Crippen LogP contribution in [0.3, 0.4) is 0 Å². The van der Waals surface area contributed by atoms with Crippen LogP contribution < -0.4 is 5.56 Å². The summed E-state index contributed by atoms with van der Waals surface area (Å²) < 4.78 is 24.3. The van der Waals surface area contributed by atoms with E-state index in [-0.39, 0.29) is 11.1 Å². The number of aromatic nitrogens is 1. The summed E-state index contributed by atoms with van der Waals surface area (Å²) in [6.07, 6.45) is -2.72. The number of pyridine rings is 1. The van der Waals surface area contributed by atoms with Crippen molar-refractivity contribution in [2.75, 3.05) is 0 Å². The maximum atomic E-state index is 12.1. The molecule has 13 heavy (non-hydrogen) atoms. The molecule has 0 radical (unpaired) electrons. The first-order valence-electron chi connectivity index (χ1n) is 3.68. The third kappa shape index (κ3) is 1.92. The Labute approximate surface area is 73.0 Å². The maximum absolute atomic E-state index is 12.1. The number of H-pyrrole nitrogens is 1. The zero-order valence-corrected chi connectivity index (χ0v) is 6.97. The molecular weight excluding hydrogens is 180 g/mol. The summed E-state index contributed by atoms with van der Waals surface area (Å²) in [4.78, 5) is 13.1. The molecule has 3 nitrogen and oxygen atoms in total. The highest BCUT2D eigenvalue weighted by Crippen LogP contribution is 2.16. The maximum Gasteiger partial charge on any atom is 0.278 e. The lowest BCUT2D eigenvalue weighted by atomic mass is 10.1. The molecular formula is C8H9F2NO2. The third-order valence-electron chi connectivity index (χ3n) is 1.82. The van der Waals surface area contributed by atoms with Gasteiger partial charge in [-0.05, 0) is 18.6 Å². The zero-order chi connectivity index (χ0) is 10.0. The molecule has 0 aliphatic rings. The molecule has 0 aliphatic carbocycles. The molecule has 72 valence electrons. The van der Waals surface area contributed by atoms with E-state index < -0.39 is 24.3 Å². The Morgan fingerprint density at radius 3 is 2.69 bits per heavy atom. The summed E-state index contributed by atoms with van der Waals surface area (Å²) >= 11 is 0. The SMILES string of the molecule is Cc1c(CO)cc(C(F)F)[nH]c1=O. The Balaban J connectivity index is 3.31. The second kappa shape index (κ2) is 3.66. The largest absolute Gasteiger partial charge is 0.392 e. The molecule has 0 fully saturated rings. The van der Waals surface area contributed by atoms with Crippen molar-refractivity contribution < 1.29 is 13.9 Å². The second-order valence-corrected chi connectivity index (χ2v) is 2.66. The van der Waals surface area contributed by atoms with Gasteiger partial charge >= 0.3 is 0 Å². The molecule has 5 heteroatoms. The van der Waals surface area contributed by atoms with Gasteiger partial charge in [0, 0.05) is 5.56 Å². The van der Waals surface area contributed by atoms with Gasteiger partial charge in [-0.1, -0.05) is 0 Å². The first-order chi connectivity index (χ1) is 6.06. The number of aromatic amines is 1. The van der Waals surface area contributed by atoms with Gasteiger partial charge in [-0.2, -0.15) is 0 Å². The number of hydrogen-bond donors (Lipinski definition) is 2. The quantitative estimate of drug-likeness (QED) is 0.732. The number of alkyl halides is 2. The van der Waals surface area contributed by atoms with Crippen LogP contribution in [0.5, 0.6) is 0 Å². The minimum atomic E-state index is -2.72. The van der Waals surface area contributed by atoms with Gasteiger partial charge in [0.05, 0.1) is 12.3 Å². The molecule has 0 amide bonds. The number of hydrogen-bond acceptors (Lipinski definition) is 2. The molecule has 0 saturated carbocycles. The molecule has 0 unspecified atom stereocenters. The zero-order valence-electron chi connectivity index (χ0n) is 6.97. The van der Waals surface area contributed by atoms with Gasteiger partial charge in [0.2, 0.25) is 0 Å². The lowest BCUT2D eigenvalue weighted by Crippen LogP contribution is -2.15. The van der Waals surface area contributed by atoms with Gasteiger partial charge in [0.1, 0.15) is 0 Å². The van der Waals surface area contributed by atoms with Crippen LogP contribution in [0.2, 0.25) is 0 Å². The summed E-state index contributed by atoms with van der Waals surface area (Å²) in [7, 11) is 0. The molecule has 0 bridgehead atoms. The van der Waals surface area contributed by atoms with Gasteiger partial charge in [-0.25, -0.2) is 8.78 Å². The average molecular weight is 189 g/mol. The van der Waals surface area contributed by atoms with Crippen LogP contribution >= 0.6 is 0 Å². The van der Waals surface area contributed by atoms with E-state index >= 15 is 0 Å². The second-order valence-electron chi connectivity index (χ2n) is 2.66. The Hall–Kier alpha value is -1.23. The topological polar surface area (TPSA) is 53.1 Å². The summed E-state index contributed by atoms with van der Waals surface area (Å²) in [5.74, 6) is 0. The predicted octanol–water partition coefficient (Wildman–Crippen LogP) is 1.11. The lowest BCUT2D eigenvalue weighted by molar-refractivity contribution is 0.145. The highest BCUT2D eigenvalue weighted by molar-refractivity contribution is 5.25. The van der Waals surface area contributed by atoms with E-state index in [0.29, 0.717) is 0 Å². The molecule has 2 N–H and O–H groups in total. The first kappa shape index (κ1) is 9.85. The van der Waals surface area contributed by atoms with Gasteiger partial charge in [0.25, 0.3) is 12.0 Å². The fraction of sp³-hybridized carbons (Fsp3) is 0.375. The molecule has 0 spiro atoms. The third-order valence-corrected chi connectivity index (χ3v) is 1.82. The van der Waals surface area contributed by atoms with Crippen LogP contribution in [0.15, 0.2) is 10.9 Å². The van der Waals surface area contributed by atoms with E-state index in [0.717, 1.165) is 6.07 Å². The van der Waals surface area contributed by atoms with E-state index in [4.69, 9.17) is 5.11 Å². The van der Waals surface area contributed by atoms with E-state index in [1.54, 1.807) is 0 Å². The number of halogens is 2. The van der Waals surface area contributed by atoms with E-state index in [9.17, 15) is 13.6 Å². The van der Waals surface area contributed by atoms with Crippen LogP contribution in [0.4, 0.5) is 8.78 Å². The Morgan fingerprint density at radius 2 is 2.23 bits per heavy atom. The lowest BCUT2D eigenvalue weighted by Gasteiger charge is -2.04. The van der Waals surface area contributed by atoms with Crippen molar-refractivity contribution >= 4 is 0 Å². The van der Waals surface area contributed by atoms with Crippen LogP contribution in [-0.4, -0.2) is 10.1 Å². The van der Waals surface area contributed by atoms with Gasteiger partial charge in [0.15, 0.2) is 0 Å². The smallest absolute Gasteiger partial charge is 0.278 e. The Bertz CT molecular complexity index is 360. The van der Waals surface area contributed by atoms with E-state index in [1.165, 1.54) is 6.92 Å². The van der Waals surface area contributed by atoms with Crippen molar-refractivity contribution in [3.8, 4) is 0 Å². The minimum absolute atomic E-state index is 0.235. The molecule has 0 aromatic carbocycles.